The molecule has 1 amide bonds. The summed E-state index contributed by atoms with van der Waals surface area (Å²) >= 11 is 0. The van der Waals surface area contributed by atoms with E-state index in [1.165, 1.54) is 11.1 Å². The zero-order valence-corrected chi connectivity index (χ0v) is 15.7. The molecule has 0 fully saturated rings. The summed E-state index contributed by atoms with van der Waals surface area (Å²) in [7, 11) is 3.62. The number of methoxy groups -OCH3 is 1. The van der Waals surface area contributed by atoms with Crippen molar-refractivity contribution >= 4 is 6.09 Å². The van der Waals surface area contributed by atoms with Gasteiger partial charge in [0.05, 0.1) is 13.2 Å². The number of nitrogens with one attached hydrogen (secondary N) is 1. The van der Waals surface area contributed by atoms with Crippen molar-refractivity contribution < 1.29 is 14.3 Å². The highest BCUT2D eigenvalue weighted by molar-refractivity contribution is 5.69. The highest BCUT2D eigenvalue weighted by Gasteiger charge is 2.33. The highest BCUT2D eigenvalue weighted by Crippen LogP contribution is 2.37. The molecule has 1 atom stereocenters. The van der Waals surface area contributed by atoms with E-state index >= 15 is 0 Å². The van der Waals surface area contributed by atoms with Gasteiger partial charge in [-0.05, 0) is 57.9 Å². The van der Waals surface area contributed by atoms with Gasteiger partial charge in [0.2, 0.25) is 0 Å². The summed E-state index contributed by atoms with van der Waals surface area (Å²) in [6, 6.07) is 4.33. The van der Waals surface area contributed by atoms with Gasteiger partial charge >= 0.3 is 6.09 Å². The lowest BCUT2D eigenvalue weighted by Crippen LogP contribution is -2.43. The zero-order chi connectivity index (χ0) is 17.9. The van der Waals surface area contributed by atoms with Crippen molar-refractivity contribution in [2.24, 2.45) is 0 Å². The molecule has 0 radical (unpaired) electrons. The van der Waals surface area contributed by atoms with Crippen molar-refractivity contribution in [1.29, 1.82) is 0 Å². The Balaban J connectivity index is 2.35. The van der Waals surface area contributed by atoms with Gasteiger partial charge in [-0.25, -0.2) is 4.79 Å². The van der Waals surface area contributed by atoms with E-state index in [-0.39, 0.29) is 12.1 Å². The normalized spacial score (nSPS) is 17.4. The summed E-state index contributed by atoms with van der Waals surface area (Å²) in [4.78, 5) is 14.4. The summed E-state index contributed by atoms with van der Waals surface area (Å²) < 4.78 is 11.1. The number of hydrogen-bond acceptors (Lipinski definition) is 4. The molecule has 2 rings (SSSR count). The van der Waals surface area contributed by atoms with Gasteiger partial charge in [0, 0.05) is 18.7 Å². The van der Waals surface area contributed by atoms with Crippen LogP contribution in [0.4, 0.5) is 4.79 Å². The lowest BCUT2D eigenvalue weighted by molar-refractivity contribution is 0.0137. The molecule has 0 bridgehead atoms. The number of ether oxygens (including phenoxy) is 2. The number of hydrogen-bond donors (Lipinski definition) is 1. The number of carbonyl (C=O) groups excluding carboxylic acids is 1. The molecule has 134 valence electrons. The van der Waals surface area contributed by atoms with E-state index in [1.54, 1.807) is 7.11 Å². The SMILES string of the molecule is CCC1c2cc(OC)c(CNC)cc2CCN1C(=O)OC(C)(C)C. The van der Waals surface area contributed by atoms with Gasteiger partial charge in [-0.3, -0.25) is 0 Å². The molecule has 1 aromatic carbocycles. The molecule has 0 aliphatic carbocycles. The van der Waals surface area contributed by atoms with Crippen LogP contribution in [0.3, 0.4) is 0 Å². The van der Waals surface area contributed by atoms with Crippen molar-refractivity contribution in [2.45, 2.75) is 58.7 Å². The Bertz CT molecular complexity index is 593. The molecule has 5 nitrogen and oxygen atoms in total. The van der Waals surface area contributed by atoms with Gasteiger partial charge in [-0.15, -0.1) is 0 Å². The average molecular weight is 334 g/mol. The lowest BCUT2D eigenvalue weighted by Gasteiger charge is -2.38. The number of carbonyl (C=O) groups is 1. The number of nitrogens with zero attached hydrogens (tertiary/aromatic N) is 1. The van der Waals surface area contributed by atoms with Gasteiger partial charge in [0.1, 0.15) is 11.4 Å². The van der Waals surface area contributed by atoms with Crippen LogP contribution in [0.5, 0.6) is 5.75 Å². The molecule has 1 heterocycles. The quantitative estimate of drug-likeness (QED) is 0.913. The summed E-state index contributed by atoms with van der Waals surface area (Å²) in [5, 5.41) is 3.18. The average Bonchev–Trinajstić information content (AvgIpc) is 2.51. The fourth-order valence-electron chi connectivity index (χ4n) is 3.28. The largest absolute Gasteiger partial charge is 0.496 e. The van der Waals surface area contributed by atoms with Crippen molar-refractivity contribution in [3.8, 4) is 5.75 Å². The summed E-state index contributed by atoms with van der Waals surface area (Å²) in [5.41, 5.74) is 3.14. The molecule has 1 N–H and O–H groups in total. The van der Waals surface area contributed by atoms with Crippen molar-refractivity contribution in [3.05, 3.63) is 28.8 Å². The minimum atomic E-state index is -0.482. The first-order valence-corrected chi connectivity index (χ1v) is 8.64. The number of benzene rings is 1. The third kappa shape index (κ3) is 4.01. The topological polar surface area (TPSA) is 50.8 Å². The summed E-state index contributed by atoms with van der Waals surface area (Å²) in [6.45, 7) is 9.25. The molecule has 5 heteroatoms. The van der Waals surface area contributed by atoms with Crippen molar-refractivity contribution in [1.82, 2.24) is 10.2 Å². The fourth-order valence-corrected chi connectivity index (χ4v) is 3.28. The van der Waals surface area contributed by atoms with Gasteiger partial charge in [0.15, 0.2) is 0 Å². The molecule has 1 aliphatic heterocycles. The van der Waals surface area contributed by atoms with Gasteiger partial charge in [-0.2, -0.15) is 0 Å². The van der Waals surface area contributed by atoms with Crippen LogP contribution >= 0.6 is 0 Å². The van der Waals surface area contributed by atoms with Gasteiger partial charge < -0.3 is 19.7 Å². The number of fused-ring (bicyclic) bond motifs is 1. The second-order valence-electron chi connectivity index (χ2n) is 7.24. The van der Waals surface area contributed by atoms with Crippen LogP contribution in [0, 0.1) is 0 Å². The Kier molecular flexibility index (Phi) is 5.75. The van der Waals surface area contributed by atoms with E-state index in [2.05, 4.69) is 24.4 Å². The molecule has 1 aliphatic rings. The van der Waals surface area contributed by atoms with E-state index < -0.39 is 5.60 Å². The smallest absolute Gasteiger partial charge is 0.410 e. The minimum absolute atomic E-state index is 0.0288. The van der Waals surface area contributed by atoms with Crippen LogP contribution in [0.15, 0.2) is 12.1 Å². The van der Waals surface area contributed by atoms with Crippen LogP contribution in [0.25, 0.3) is 0 Å². The molecule has 1 unspecified atom stereocenters. The fraction of sp³-hybridized carbons (Fsp3) is 0.632. The molecule has 0 aromatic heterocycles. The maximum absolute atomic E-state index is 12.6. The van der Waals surface area contributed by atoms with E-state index in [0.717, 1.165) is 30.7 Å². The van der Waals surface area contributed by atoms with Crippen LogP contribution < -0.4 is 10.1 Å². The zero-order valence-electron chi connectivity index (χ0n) is 15.7. The standard InChI is InChI=1S/C19H30N2O3/c1-7-16-15-11-17(23-6)14(12-20-5)10-13(15)8-9-21(16)18(22)24-19(2,3)4/h10-11,16,20H,7-9,12H2,1-6H3. The van der Waals surface area contributed by atoms with E-state index in [9.17, 15) is 4.79 Å². The Hall–Kier alpha value is -1.75. The molecule has 0 saturated carbocycles. The van der Waals surface area contributed by atoms with Crippen LogP contribution in [-0.2, 0) is 17.7 Å². The van der Waals surface area contributed by atoms with E-state index in [1.807, 2.05) is 32.7 Å². The number of rotatable bonds is 4. The molecule has 24 heavy (non-hydrogen) atoms. The molecular weight excluding hydrogens is 304 g/mol. The maximum Gasteiger partial charge on any atom is 0.410 e. The molecule has 1 aromatic rings. The molecule has 0 spiro atoms. The first kappa shape index (κ1) is 18.6. The Labute approximate surface area is 145 Å². The van der Waals surface area contributed by atoms with Crippen LogP contribution in [-0.4, -0.2) is 37.3 Å². The van der Waals surface area contributed by atoms with Crippen molar-refractivity contribution in [3.63, 3.8) is 0 Å². The third-order valence-electron chi connectivity index (χ3n) is 4.28. The van der Waals surface area contributed by atoms with Gasteiger partial charge in [-0.1, -0.05) is 13.0 Å². The summed E-state index contributed by atoms with van der Waals surface area (Å²) in [6.07, 6.45) is 1.45. The molecule has 0 saturated heterocycles. The predicted octanol–water partition coefficient (Wildman–Crippen LogP) is 3.66. The number of amides is 1. The highest BCUT2D eigenvalue weighted by atomic mass is 16.6. The van der Waals surface area contributed by atoms with Gasteiger partial charge in [0.25, 0.3) is 0 Å². The third-order valence-corrected chi connectivity index (χ3v) is 4.28. The second kappa shape index (κ2) is 7.43. The minimum Gasteiger partial charge on any atom is -0.496 e. The first-order valence-electron chi connectivity index (χ1n) is 8.64. The van der Waals surface area contributed by atoms with Crippen LogP contribution in [0.1, 0.15) is 56.8 Å². The Morgan fingerprint density at radius 2 is 2.08 bits per heavy atom. The Morgan fingerprint density at radius 1 is 1.38 bits per heavy atom. The predicted molar refractivity (Wildman–Crippen MR) is 95.4 cm³/mol. The second-order valence-corrected chi connectivity index (χ2v) is 7.24. The van der Waals surface area contributed by atoms with E-state index in [4.69, 9.17) is 9.47 Å². The monoisotopic (exact) mass is 334 g/mol. The van der Waals surface area contributed by atoms with Crippen LogP contribution in [0.2, 0.25) is 0 Å². The molecular formula is C19H30N2O3. The summed E-state index contributed by atoms with van der Waals surface area (Å²) in [5.74, 6) is 0.868. The van der Waals surface area contributed by atoms with Crippen molar-refractivity contribution in [2.75, 3.05) is 20.7 Å². The van der Waals surface area contributed by atoms with E-state index in [0.29, 0.717) is 6.54 Å². The maximum atomic E-state index is 12.6. The first-order chi connectivity index (χ1) is 11.3. The lowest BCUT2D eigenvalue weighted by atomic mass is 9.89. The Morgan fingerprint density at radius 3 is 2.62 bits per heavy atom.